The van der Waals surface area contributed by atoms with Gasteiger partial charge in [0.15, 0.2) is 0 Å². The maximum atomic E-state index is 12.8. The van der Waals surface area contributed by atoms with Crippen LogP contribution in [0.3, 0.4) is 0 Å². The Labute approximate surface area is 241 Å². The summed E-state index contributed by atoms with van der Waals surface area (Å²) in [5.41, 5.74) is 3.26. The van der Waals surface area contributed by atoms with E-state index in [2.05, 4.69) is 20.1 Å². The first-order valence-electron chi connectivity index (χ1n) is 13.2. The van der Waals surface area contributed by atoms with Crippen molar-refractivity contribution < 1.29 is 14.3 Å². The monoisotopic (exact) mass is 581 g/mol. The van der Waals surface area contributed by atoms with Crippen molar-refractivity contribution in [1.82, 2.24) is 30.0 Å². The number of aromatic amines is 1. The number of hydrogen-bond donors (Lipinski definition) is 1. The van der Waals surface area contributed by atoms with Crippen molar-refractivity contribution >= 4 is 46.0 Å². The fourth-order valence-corrected chi connectivity index (χ4v) is 5.83. The molecule has 1 atom stereocenters. The molecule has 2 aliphatic heterocycles. The topological polar surface area (TPSA) is 99.7 Å². The van der Waals surface area contributed by atoms with Gasteiger partial charge in [0.1, 0.15) is 23.4 Å². The highest BCUT2D eigenvalue weighted by atomic mass is 35.5. The molecule has 6 rings (SSSR count). The molecule has 12 heteroatoms. The van der Waals surface area contributed by atoms with Crippen molar-refractivity contribution in [2.45, 2.75) is 13.0 Å². The number of nitrogens with one attached hydrogen (secondary N) is 1. The minimum absolute atomic E-state index is 0.0985. The molecular weight excluding hydrogens is 553 g/mol. The van der Waals surface area contributed by atoms with Crippen molar-refractivity contribution in [3.05, 3.63) is 64.5 Å². The molecule has 3 aromatic heterocycles. The predicted octanol–water partition coefficient (Wildman–Crippen LogP) is 5.04. The summed E-state index contributed by atoms with van der Waals surface area (Å²) in [5.74, 6) is 1.55. The first kappa shape index (κ1) is 26.6. The van der Waals surface area contributed by atoms with Gasteiger partial charge in [-0.1, -0.05) is 23.2 Å². The highest BCUT2D eigenvalue weighted by molar-refractivity contribution is 6.35. The van der Waals surface area contributed by atoms with E-state index in [1.165, 1.54) is 0 Å². The Morgan fingerprint density at radius 3 is 2.40 bits per heavy atom. The van der Waals surface area contributed by atoms with Crippen molar-refractivity contribution in [3.8, 4) is 17.0 Å². The molecule has 2 saturated heterocycles. The summed E-state index contributed by atoms with van der Waals surface area (Å²) in [6, 6.07) is 9.90. The van der Waals surface area contributed by atoms with E-state index in [1.807, 2.05) is 53.3 Å². The molecule has 0 radical (unpaired) electrons. The molecule has 4 aromatic rings. The molecule has 2 aliphatic rings. The number of urea groups is 1. The second-order valence-electron chi connectivity index (χ2n) is 9.82. The van der Waals surface area contributed by atoms with Gasteiger partial charge in [0, 0.05) is 74.4 Å². The minimum Gasteiger partial charge on any atom is -0.486 e. The van der Waals surface area contributed by atoms with Gasteiger partial charge < -0.3 is 24.2 Å². The number of piperazine rings is 1. The molecule has 1 N–H and O–H groups in total. The molecule has 2 fully saturated rings. The normalized spacial score (nSPS) is 16.8. The van der Waals surface area contributed by atoms with Crippen molar-refractivity contribution in [1.29, 1.82) is 0 Å². The standard InChI is InChI=1S/C28H29Cl2N7O3/c1-18(26-22(29)16-31-17-23(26)30)40-20-3-4-24-21(14-20)27(34-33-24)19-2-5-25(32-15-19)35-6-8-36(9-7-35)28(38)37-10-12-39-13-11-37/h2-5,14-18H,6-13H2,1H3,(H,33,34). The van der Waals surface area contributed by atoms with Crippen LogP contribution in [0.5, 0.6) is 5.75 Å². The second kappa shape index (κ2) is 11.5. The molecule has 0 spiro atoms. The average Bonchev–Trinajstić information content (AvgIpc) is 3.41. The van der Waals surface area contributed by atoms with Crippen LogP contribution in [0.4, 0.5) is 10.6 Å². The molecule has 10 nitrogen and oxygen atoms in total. The van der Waals surface area contributed by atoms with Gasteiger partial charge in [-0.15, -0.1) is 0 Å². The molecule has 2 amide bonds. The number of rotatable bonds is 5. The lowest BCUT2D eigenvalue weighted by Crippen LogP contribution is -2.55. The van der Waals surface area contributed by atoms with Gasteiger partial charge in [0.2, 0.25) is 0 Å². The van der Waals surface area contributed by atoms with Gasteiger partial charge in [-0.25, -0.2) is 9.78 Å². The Kier molecular flexibility index (Phi) is 7.64. The van der Waals surface area contributed by atoms with E-state index >= 15 is 0 Å². The Balaban J connectivity index is 1.14. The van der Waals surface area contributed by atoms with E-state index in [-0.39, 0.29) is 12.1 Å². The number of anilines is 1. The summed E-state index contributed by atoms with van der Waals surface area (Å²) < 4.78 is 11.6. The number of benzene rings is 1. The van der Waals surface area contributed by atoms with Gasteiger partial charge in [0.05, 0.1) is 28.8 Å². The summed E-state index contributed by atoms with van der Waals surface area (Å²) in [5, 5.41) is 9.48. The first-order valence-corrected chi connectivity index (χ1v) is 14.0. The Bertz CT molecular complexity index is 1480. The van der Waals surface area contributed by atoms with Crippen LogP contribution in [0.25, 0.3) is 22.2 Å². The third-order valence-corrected chi connectivity index (χ3v) is 7.92. The Hall–Kier alpha value is -3.60. The largest absolute Gasteiger partial charge is 0.486 e. The van der Waals surface area contributed by atoms with Crippen LogP contribution in [0, 0.1) is 0 Å². The van der Waals surface area contributed by atoms with Crippen LogP contribution in [0.1, 0.15) is 18.6 Å². The number of fused-ring (bicyclic) bond motifs is 1. The van der Waals surface area contributed by atoms with Crippen molar-refractivity contribution in [3.63, 3.8) is 0 Å². The maximum absolute atomic E-state index is 12.8. The highest BCUT2D eigenvalue weighted by Gasteiger charge is 2.27. The zero-order valence-electron chi connectivity index (χ0n) is 22.0. The van der Waals surface area contributed by atoms with Crippen LogP contribution in [0.15, 0.2) is 48.9 Å². The van der Waals surface area contributed by atoms with Gasteiger partial charge in [0.25, 0.3) is 0 Å². The summed E-state index contributed by atoms with van der Waals surface area (Å²) in [6.07, 6.45) is 4.58. The fourth-order valence-electron chi connectivity index (χ4n) is 5.15. The smallest absolute Gasteiger partial charge is 0.320 e. The van der Waals surface area contributed by atoms with Gasteiger partial charge in [-0.2, -0.15) is 5.10 Å². The molecule has 5 heterocycles. The summed E-state index contributed by atoms with van der Waals surface area (Å²) in [7, 11) is 0. The Morgan fingerprint density at radius 1 is 0.975 bits per heavy atom. The lowest BCUT2D eigenvalue weighted by Gasteiger charge is -2.38. The number of nitrogens with zero attached hydrogens (tertiary/aromatic N) is 6. The summed E-state index contributed by atoms with van der Waals surface area (Å²) >= 11 is 12.6. The first-order chi connectivity index (χ1) is 19.5. The van der Waals surface area contributed by atoms with E-state index in [0.717, 1.165) is 41.1 Å². The van der Waals surface area contributed by atoms with E-state index in [1.54, 1.807) is 12.4 Å². The van der Waals surface area contributed by atoms with Crippen LogP contribution < -0.4 is 9.64 Å². The number of morpholine rings is 1. The zero-order valence-corrected chi connectivity index (χ0v) is 23.5. The average molecular weight is 582 g/mol. The lowest BCUT2D eigenvalue weighted by molar-refractivity contribution is 0.0428. The molecular formula is C28H29Cl2N7O3. The van der Waals surface area contributed by atoms with E-state index in [4.69, 9.17) is 37.7 Å². The van der Waals surface area contributed by atoms with Crippen LogP contribution in [-0.2, 0) is 4.74 Å². The van der Waals surface area contributed by atoms with Crippen molar-refractivity contribution in [2.75, 3.05) is 57.4 Å². The SMILES string of the molecule is CC(Oc1ccc2[nH]nc(-c3ccc(N4CCN(C(=O)N5CCOCC5)CC4)nc3)c2c1)c1c(Cl)cncc1Cl. The Morgan fingerprint density at radius 2 is 1.70 bits per heavy atom. The maximum Gasteiger partial charge on any atom is 0.320 e. The van der Waals surface area contributed by atoms with E-state index < -0.39 is 0 Å². The molecule has 0 aliphatic carbocycles. The summed E-state index contributed by atoms with van der Waals surface area (Å²) in [4.78, 5) is 27.5. The van der Waals surface area contributed by atoms with Gasteiger partial charge in [-0.05, 0) is 37.3 Å². The third-order valence-electron chi connectivity index (χ3n) is 7.32. The van der Waals surface area contributed by atoms with Crippen molar-refractivity contribution in [2.24, 2.45) is 0 Å². The molecule has 1 aromatic carbocycles. The van der Waals surface area contributed by atoms with E-state index in [0.29, 0.717) is 60.8 Å². The zero-order chi connectivity index (χ0) is 27.6. The fraction of sp³-hybridized carbons (Fsp3) is 0.357. The quantitative estimate of drug-likeness (QED) is 0.352. The number of carbonyl (C=O) groups is 1. The third kappa shape index (κ3) is 5.39. The number of aromatic nitrogens is 4. The van der Waals surface area contributed by atoms with Crippen LogP contribution >= 0.6 is 23.2 Å². The number of ether oxygens (including phenoxy) is 2. The lowest BCUT2D eigenvalue weighted by atomic mass is 10.1. The van der Waals surface area contributed by atoms with Gasteiger partial charge >= 0.3 is 6.03 Å². The molecule has 208 valence electrons. The molecule has 0 bridgehead atoms. The number of pyridine rings is 2. The number of amides is 2. The minimum atomic E-state index is -0.374. The number of halogens is 2. The van der Waals surface area contributed by atoms with E-state index in [9.17, 15) is 4.79 Å². The molecule has 0 saturated carbocycles. The number of hydrogen-bond acceptors (Lipinski definition) is 7. The van der Waals surface area contributed by atoms with Gasteiger partial charge in [-0.3, -0.25) is 10.1 Å². The van der Waals surface area contributed by atoms with Crippen LogP contribution in [-0.4, -0.2) is 88.5 Å². The predicted molar refractivity (Wildman–Crippen MR) is 154 cm³/mol. The molecule has 1 unspecified atom stereocenters. The number of H-pyrrole nitrogens is 1. The second-order valence-corrected chi connectivity index (χ2v) is 10.6. The highest BCUT2D eigenvalue weighted by Crippen LogP contribution is 2.35. The molecule has 40 heavy (non-hydrogen) atoms. The summed E-state index contributed by atoms with van der Waals surface area (Å²) in [6.45, 7) is 7.23. The number of carbonyl (C=O) groups excluding carboxylic acids is 1. The van der Waals surface area contributed by atoms with Crippen LogP contribution in [0.2, 0.25) is 10.0 Å².